The minimum absolute atomic E-state index is 0.0749. The van der Waals surface area contributed by atoms with E-state index in [1.807, 2.05) is 30.3 Å². The minimum Gasteiger partial charge on any atom is -0.411 e. The number of rotatable bonds is 7. The molecule has 0 aliphatic carbocycles. The van der Waals surface area contributed by atoms with Crippen molar-refractivity contribution >= 4 is 19.9 Å². The zero-order valence-electron chi connectivity index (χ0n) is 14.3. The Hall–Kier alpha value is -2.56. The molecule has 8 nitrogen and oxygen atoms in total. The first kappa shape index (κ1) is 19.2. The molecule has 1 heterocycles. The van der Waals surface area contributed by atoms with Crippen molar-refractivity contribution in [2.75, 3.05) is 6.26 Å². The molecular weight excluding hydrogens is 390 g/mol. The fourth-order valence-electron chi connectivity index (χ4n) is 2.40. The minimum atomic E-state index is -3.88. The summed E-state index contributed by atoms with van der Waals surface area (Å²) in [5.74, 6) is -0.126. The van der Waals surface area contributed by atoms with Crippen LogP contribution in [0, 0.1) is 0 Å². The fraction of sp³-hybridized carbons (Fsp3) is 0.176. The highest BCUT2D eigenvalue weighted by molar-refractivity contribution is 7.90. The van der Waals surface area contributed by atoms with Gasteiger partial charge in [-0.1, -0.05) is 53.6 Å². The molecule has 0 spiro atoms. The molecule has 0 radical (unpaired) electrons. The summed E-state index contributed by atoms with van der Waals surface area (Å²) in [7, 11) is -7.58. The normalized spacial score (nSPS) is 13.4. The maximum atomic E-state index is 12.7. The molecule has 0 saturated carbocycles. The van der Waals surface area contributed by atoms with Crippen molar-refractivity contribution in [3.63, 3.8) is 0 Å². The van der Waals surface area contributed by atoms with Gasteiger partial charge >= 0.3 is 5.22 Å². The van der Waals surface area contributed by atoms with Crippen LogP contribution in [0.1, 0.15) is 17.5 Å². The summed E-state index contributed by atoms with van der Waals surface area (Å²) < 4.78 is 56.3. The fourth-order valence-corrected chi connectivity index (χ4v) is 4.03. The van der Waals surface area contributed by atoms with Crippen molar-refractivity contribution in [1.82, 2.24) is 14.9 Å². The van der Waals surface area contributed by atoms with Gasteiger partial charge in [-0.25, -0.2) is 16.8 Å². The topological polar surface area (TPSA) is 119 Å². The molecule has 3 rings (SSSR count). The summed E-state index contributed by atoms with van der Waals surface area (Å²) in [6.45, 7) is 0. The van der Waals surface area contributed by atoms with E-state index in [2.05, 4.69) is 14.9 Å². The van der Waals surface area contributed by atoms with Crippen molar-refractivity contribution in [3.8, 4) is 0 Å². The second kappa shape index (κ2) is 7.59. The van der Waals surface area contributed by atoms with Crippen molar-refractivity contribution in [1.29, 1.82) is 0 Å². The molecule has 1 N–H and O–H groups in total. The first-order valence-electron chi connectivity index (χ1n) is 7.90. The first-order valence-corrected chi connectivity index (χ1v) is 11.3. The second-order valence-electron chi connectivity index (χ2n) is 5.86. The van der Waals surface area contributed by atoms with Crippen LogP contribution < -0.4 is 4.72 Å². The number of hydrogen-bond donors (Lipinski definition) is 1. The molecular formula is C17H17N3O5S2. The Bertz CT molecular complexity index is 1110. The van der Waals surface area contributed by atoms with Crippen LogP contribution in [0.2, 0.25) is 0 Å². The van der Waals surface area contributed by atoms with Gasteiger partial charge in [-0.05, 0) is 24.1 Å². The highest BCUT2D eigenvalue weighted by Gasteiger charge is 2.27. The van der Waals surface area contributed by atoms with Crippen molar-refractivity contribution < 1.29 is 21.3 Å². The van der Waals surface area contributed by atoms with Crippen LogP contribution in [0.15, 0.2) is 75.2 Å². The van der Waals surface area contributed by atoms with Crippen molar-refractivity contribution in [3.05, 3.63) is 72.1 Å². The molecule has 3 aromatic rings. The van der Waals surface area contributed by atoms with Crippen LogP contribution in [0.3, 0.4) is 0 Å². The standard InChI is InChI=1S/C17H17N3O5S2/c1-26(21,22)17-19-18-16(25-17)15(12-13-8-4-2-5-9-13)20-27(23,24)14-10-6-3-7-11-14/h2-11,15,20H,12H2,1H3/t15-/m0/s1. The largest absolute Gasteiger partial charge is 0.411 e. The summed E-state index contributed by atoms with van der Waals surface area (Å²) in [6.07, 6.45) is 1.14. The van der Waals surface area contributed by atoms with E-state index in [1.165, 1.54) is 12.1 Å². The molecule has 0 bridgehead atoms. The highest BCUT2D eigenvalue weighted by Crippen LogP contribution is 2.22. The third-order valence-electron chi connectivity index (χ3n) is 3.67. The van der Waals surface area contributed by atoms with Gasteiger partial charge in [0.15, 0.2) is 0 Å². The number of benzene rings is 2. The molecule has 0 amide bonds. The Morgan fingerprint density at radius 1 is 0.926 bits per heavy atom. The van der Waals surface area contributed by atoms with Gasteiger partial charge in [-0.3, -0.25) is 0 Å². The molecule has 0 fully saturated rings. The van der Waals surface area contributed by atoms with Gasteiger partial charge in [0.05, 0.1) is 4.90 Å². The van der Waals surface area contributed by atoms with Gasteiger partial charge < -0.3 is 4.42 Å². The maximum absolute atomic E-state index is 12.7. The predicted octanol–water partition coefficient (Wildman–Crippen LogP) is 1.74. The molecule has 142 valence electrons. The number of sulfone groups is 1. The predicted molar refractivity (Wildman–Crippen MR) is 97.1 cm³/mol. The van der Waals surface area contributed by atoms with E-state index in [0.717, 1.165) is 11.8 Å². The van der Waals surface area contributed by atoms with Crippen LogP contribution in [0.25, 0.3) is 0 Å². The van der Waals surface area contributed by atoms with Gasteiger partial charge in [-0.2, -0.15) is 4.72 Å². The van der Waals surface area contributed by atoms with E-state index in [4.69, 9.17) is 4.42 Å². The van der Waals surface area contributed by atoms with Gasteiger partial charge in [-0.15, -0.1) is 5.10 Å². The molecule has 27 heavy (non-hydrogen) atoms. The monoisotopic (exact) mass is 407 g/mol. The van der Waals surface area contributed by atoms with Crippen LogP contribution in [-0.2, 0) is 26.3 Å². The summed E-state index contributed by atoms with van der Waals surface area (Å²) in [5, 5.41) is 6.69. The lowest BCUT2D eigenvalue weighted by atomic mass is 10.1. The zero-order valence-corrected chi connectivity index (χ0v) is 15.9. The lowest BCUT2D eigenvalue weighted by molar-refractivity contribution is 0.364. The zero-order chi connectivity index (χ0) is 19.5. The lowest BCUT2D eigenvalue weighted by Crippen LogP contribution is -2.30. The Labute approximate surface area is 157 Å². The Balaban J connectivity index is 1.96. The highest BCUT2D eigenvalue weighted by atomic mass is 32.2. The molecule has 10 heteroatoms. The molecule has 0 saturated heterocycles. The van der Waals surface area contributed by atoms with Gasteiger partial charge in [0.1, 0.15) is 6.04 Å². The first-order chi connectivity index (χ1) is 12.8. The Kier molecular flexibility index (Phi) is 5.40. The van der Waals surface area contributed by atoms with Crippen LogP contribution in [0.4, 0.5) is 0 Å². The lowest BCUT2D eigenvalue weighted by Gasteiger charge is -2.15. The number of aromatic nitrogens is 2. The van der Waals surface area contributed by atoms with E-state index in [0.29, 0.717) is 0 Å². The van der Waals surface area contributed by atoms with E-state index in [-0.39, 0.29) is 17.2 Å². The Morgan fingerprint density at radius 3 is 2.07 bits per heavy atom. The SMILES string of the molecule is CS(=O)(=O)c1nnc([C@H](Cc2ccccc2)NS(=O)(=O)c2ccccc2)o1. The van der Waals surface area contributed by atoms with Crippen LogP contribution >= 0.6 is 0 Å². The van der Waals surface area contributed by atoms with E-state index in [9.17, 15) is 16.8 Å². The second-order valence-corrected chi connectivity index (χ2v) is 9.46. The summed E-state index contributed by atoms with van der Waals surface area (Å²) in [4.78, 5) is 0.0749. The van der Waals surface area contributed by atoms with Crippen molar-refractivity contribution in [2.45, 2.75) is 22.6 Å². The molecule has 0 aliphatic heterocycles. The van der Waals surface area contributed by atoms with Gasteiger partial charge in [0.2, 0.25) is 25.8 Å². The summed E-state index contributed by atoms with van der Waals surface area (Å²) in [6, 6.07) is 16.0. The number of nitrogens with zero attached hydrogens (tertiary/aromatic N) is 2. The summed E-state index contributed by atoms with van der Waals surface area (Å²) >= 11 is 0. The number of nitrogens with one attached hydrogen (secondary N) is 1. The quantitative estimate of drug-likeness (QED) is 0.633. The molecule has 0 unspecified atom stereocenters. The van der Waals surface area contributed by atoms with E-state index >= 15 is 0 Å². The molecule has 2 aromatic carbocycles. The van der Waals surface area contributed by atoms with E-state index < -0.39 is 31.1 Å². The van der Waals surface area contributed by atoms with Gasteiger partial charge in [0.25, 0.3) is 0 Å². The average molecular weight is 407 g/mol. The van der Waals surface area contributed by atoms with E-state index in [1.54, 1.807) is 18.2 Å². The maximum Gasteiger partial charge on any atom is 0.335 e. The molecule has 0 aliphatic rings. The third-order valence-corrected chi connectivity index (χ3v) is 5.96. The summed E-state index contributed by atoms with van der Waals surface area (Å²) in [5.41, 5.74) is 0.817. The van der Waals surface area contributed by atoms with Crippen LogP contribution in [-0.4, -0.2) is 33.3 Å². The molecule has 1 atom stereocenters. The smallest absolute Gasteiger partial charge is 0.335 e. The number of hydrogen-bond acceptors (Lipinski definition) is 7. The third kappa shape index (κ3) is 4.79. The Morgan fingerprint density at radius 2 is 1.52 bits per heavy atom. The molecule has 1 aromatic heterocycles. The average Bonchev–Trinajstić information content (AvgIpc) is 3.13. The van der Waals surface area contributed by atoms with Gasteiger partial charge in [0, 0.05) is 6.26 Å². The van der Waals surface area contributed by atoms with Crippen molar-refractivity contribution in [2.24, 2.45) is 0 Å². The van der Waals surface area contributed by atoms with Crippen LogP contribution in [0.5, 0.6) is 0 Å². The number of sulfonamides is 1.